The molecule has 0 spiro atoms. The van der Waals surface area contributed by atoms with Crippen molar-refractivity contribution >= 4 is 15.7 Å². The molecule has 0 bridgehead atoms. The van der Waals surface area contributed by atoms with Crippen molar-refractivity contribution in [3.05, 3.63) is 83.7 Å². The SMILES string of the molecule is O=S(=O)(Nc1ccc2c(c1)-c1ccccc1C2)c1cccc(F)c1. The van der Waals surface area contributed by atoms with Crippen LogP contribution in [0.4, 0.5) is 10.1 Å². The van der Waals surface area contributed by atoms with E-state index in [1.807, 2.05) is 30.3 Å². The fourth-order valence-corrected chi connectivity index (χ4v) is 4.12. The van der Waals surface area contributed by atoms with Gasteiger partial charge in [-0.3, -0.25) is 4.72 Å². The normalized spacial score (nSPS) is 12.5. The summed E-state index contributed by atoms with van der Waals surface area (Å²) in [7, 11) is -3.82. The minimum absolute atomic E-state index is 0.0941. The van der Waals surface area contributed by atoms with Crippen LogP contribution in [-0.4, -0.2) is 8.42 Å². The molecule has 3 aromatic carbocycles. The Bertz CT molecular complexity index is 1040. The number of hydrogen-bond acceptors (Lipinski definition) is 2. The summed E-state index contributed by atoms with van der Waals surface area (Å²) in [5.74, 6) is -0.583. The molecule has 0 fully saturated rings. The summed E-state index contributed by atoms with van der Waals surface area (Å²) in [6.07, 6.45) is 0.850. The van der Waals surface area contributed by atoms with Gasteiger partial charge in [0.1, 0.15) is 5.82 Å². The molecule has 0 amide bonds. The van der Waals surface area contributed by atoms with E-state index in [-0.39, 0.29) is 4.90 Å². The molecule has 0 saturated heterocycles. The predicted molar refractivity (Wildman–Crippen MR) is 91.9 cm³/mol. The lowest BCUT2D eigenvalue weighted by Gasteiger charge is -2.10. The smallest absolute Gasteiger partial charge is 0.261 e. The van der Waals surface area contributed by atoms with E-state index in [9.17, 15) is 12.8 Å². The summed E-state index contributed by atoms with van der Waals surface area (Å²) >= 11 is 0. The summed E-state index contributed by atoms with van der Waals surface area (Å²) < 4.78 is 40.7. The molecule has 1 aliphatic rings. The van der Waals surface area contributed by atoms with E-state index >= 15 is 0 Å². The second kappa shape index (κ2) is 5.46. The Kier molecular flexibility index (Phi) is 3.39. The Morgan fingerprint density at radius 2 is 1.62 bits per heavy atom. The van der Waals surface area contributed by atoms with Crippen molar-refractivity contribution in [3.63, 3.8) is 0 Å². The van der Waals surface area contributed by atoms with Gasteiger partial charge in [-0.05, 0) is 59.0 Å². The number of nitrogens with one attached hydrogen (secondary N) is 1. The van der Waals surface area contributed by atoms with Crippen molar-refractivity contribution in [1.29, 1.82) is 0 Å². The standard InChI is InChI=1S/C19H14FNO2S/c20-15-5-3-6-17(11-15)24(22,23)21-16-9-8-14-10-13-4-1-2-7-18(13)19(14)12-16/h1-9,11-12,21H,10H2. The third-order valence-electron chi connectivity index (χ3n) is 4.16. The van der Waals surface area contributed by atoms with Gasteiger partial charge in [0.2, 0.25) is 0 Å². The molecule has 0 saturated carbocycles. The highest BCUT2D eigenvalue weighted by Gasteiger charge is 2.20. The molecule has 1 aliphatic carbocycles. The number of halogens is 1. The molecule has 4 rings (SSSR count). The maximum Gasteiger partial charge on any atom is 0.261 e. The van der Waals surface area contributed by atoms with Gasteiger partial charge in [-0.25, -0.2) is 12.8 Å². The number of benzene rings is 3. The van der Waals surface area contributed by atoms with Gasteiger partial charge < -0.3 is 0 Å². The van der Waals surface area contributed by atoms with Gasteiger partial charge >= 0.3 is 0 Å². The molecule has 5 heteroatoms. The second-order valence-electron chi connectivity index (χ2n) is 5.77. The highest BCUT2D eigenvalue weighted by molar-refractivity contribution is 7.92. The predicted octanol–water partition coefficient (Wildman–Crippen LogP) is 4.20. The van der Waals surface area contributed by atoms with Gasteiger partial charge in [-0.1, -0.05) is 36.4 Å². The van der Waals surface area contributed by atoms with Gasteiger partial charge in [0.05, 0.1) is 4.90 Å². The molecule has 3 nitrogen and oxygen atoms in total. The maximum absolute atomic E-state index is 13.3. The summed E-state index contributed by atoms with van der Waals surface area (Å²) in [5, 5.41) is 0. The molecule has 0 unspecified atom stereocenters. The van der Waals surface area contributed by atoms with Crippen molar-refractivity contribution in [2.24, 2.45) is 0 Å². The van der Waals surface area contributed by atoms with Gasteiger partial charge in [0.25, 0.3) is 10.0 Å². The Hall–Kier alpha value is -2.66. The number of hydrogen-bond donors (Lipinski definition) is 1. The molecule has 3 aromatic rings. The molecule has 0 aromatic heterocycles. The Labute approximate surface area is 139 Å². The van der Waals surface area contributed by atoms with Crippen molar-refractivity contribution < 1.29 is 12.8 Å². The molecule has 0 aliphatic heterocycles. The van der Waals surface area contributed by atoms with Gasteiger partial charge in [0.15, 0.2) is 0 Å². The summed E-state index contributed by atoms with van der Waals surface area (Å²) in [5.41, 5.74) is 5.03. The van der Waals surface area contributed by atoms with Crippen LogP contribution in [0, 0.1) is 5.82 Å². The van der Waals surface area contributed by atoms with E-state index in [4.69, 9.17) is 0 Å². The second-order valence-corrected chi connectivity index (χ2v) is 7.45. The lowest BCUT2D eigenvalue weighted by Crippen LogP contribution is -2.13. The van der Waals surface area contributed by atoms with E-state index in [2.05, 4.69) is 10.8 Å². The minimum atomic E-state index is -3.82. The molecule has 0 radical (unpaired) electrons. The number of anilines is 1. The molecule has 0 heterocycles. The summed E-state index contributed by atoms with van der Waals surface area (Å²) in [6.45, 7) is 0. The van der Waals surface area contributed by atoms with Crippen LogP contribution in [0.3, 0.4) is 0 Å². The highest BCUT2D eigenvalue weighted by atomic mass is 32.2. The van der Waals surface area contributed by atoms with E-state index in [0.29, 0.717) is 5.69 Å². The number of fused-ring (bicyclic) bond motifs is 3. The van der Waals surface area contributed by atoms with E-state index in [1.54, 1.807) is 6.07 Å². The molecular weight excluding hydrogens is 325 g/mol. The van der Waals surface area contributed by atoms with Crippen LogP contribution in [0.25, 0.3) is 11.1 Å². The molecule has 0 atom stereocenters. The molecule has 1 N–H and O–H groups in total. The Morgan fingerprint density at radius 1 is 0.833 bits per heavy atom. The zero-order chi connectivity index (χ0) is 16.7. The maximum atomic E-state index is 13.3. The first kappa shape index (κ1) is 14.9. The zero-order valence-corrected chi connectivity index (χ0v) is 13.5. The number of sulfonamides is 1. The summed E-state index contributed by atoms with van der Waals surface area (Å²) in [6, 6.07) is 18.5. The molecule has 24 heavy (non-hydrogen) atoms. The first-order valence-electron chi connectivity index (χ1n) is 7.52. The van der Waals surface area contributed by atoms with E-state index in [0.717, 1.165) is 23.6 Å². The zero-order valence-electron chi connectivity index (χ0n) is 12.7. The van der Waals surface area contributed by atoms with Crippen LogP contribution < -0.4 is 4.72 Å². The van der Waals surface area contributed by atoms with E-state index in [1.165, 1.54) is 29.3 Å². The van der Waals surface area contributed by atoms with Crippen molar-refractivity contribution in [2.45, 2.75) is 11.3 Å². The van der Waals surface area contributed by atoms with Crippen molar-refractivity contribution in [2.75, 3.05) is 4.72 Å². The highest BCUT2D eigenvalue weighted by Crippen LogP contribution is 2.38. The van der Waals surface area contributed by atoms with Crippen LogP contribution in [0.5, 0.6) is 0 Å². The lowest BCUT2D eigenvalue weighted by atomic mass is 10.1. The van der Waals surface area contributed by atoms with Crippen LogP contribution in [0.15, 0.2) is 71.6 Å². The van der Waals surface area contributed by atoms with Crippen LogP contribution in [0.2, 0.25) is 0 Å². The average molecular weight is 339 g/mol. The fourth-order valence-electron chi connectivity index (χ4n) is 3.04. The van der Waals surface area contributed by atoms with Crippen LogP contribution in [0.1, 0.15) is 11.1 Å². The van der Waals surface area contributed by atoms with Gasteiger partial charge in [0, 0.05) is 5.69 Å². The molecule has 120 valence electrons. The lowest BCUT2D eigenvalue weighted by molar-refractivity contribution is 0.595. The van der Waals surface area contributed by atoms with Crippen LogP contribution in [-0.2, 0) is 16.4 Å². The van der Waals surface area contributed by atoms with Gasteiger partial charge in [-0.2, -0.15) is 0 Å². The quantitative estimate of drug-likeness (QED) is 0.608. The Morgan fingerprint density at radius 3 is 2.46 bits per heavy atom. The first-order valence-corrected chi connectivity index (χ1v) is 9.01. The topological polar surface area (TPSA) is 46.2 Å². The Balaban J connectivity index is 1.70. The van der Waals surface area contributed by atoms with Crippen molar-refractivity contribution in [1.82, 2.24) is 0 Å². The van der Waals surface area contributed by atoms with Crippen molar-refractivity contribution in [3.8, 4) is 11.1 Å². The average Bonchev–Trinajstić information content (AvgIpc) is 2.93. The number of rotatable bonds is 3. The summed E-state index contributed by atoms with van der Waals surface area (Å²) in [4.78, 5) is -0.0941. The fraction of sp³-hybridized carbons (Fsp3) is 0.0526. The van der Waals surface area contributed by atoms with E-state index < -0.39 is 15.8 Å². The first-order chi connectivity index (χ1) is 11.5. The van der Waals surface area contributed by atoms with Gasteiger partial charge in [-0.15, -0.1) is 0 Å². The van der Waals surface area contributed by atoms with Crippen LogP contribution >= 0.6 is 0 Å². The largest absolute Gasteiger partial charge is 0.280 e. The monoisotopic (exact) mass is 339 g/mol. The molecular formula is C19H14FNO2S. The third-order valence-corrected chi connectivity index (χ3v) is 5.54. The minimum Gasteiger partial charge on any atom is -0.280 e. The third kappa shape index (κ3) is 2.57.